The maximum absolute atomic E-state index is 14.0. The molecule has 2 aromatic rings. The first-order valence-corrected chi connectivity index (χ1v) is 8.55. The molecule has 2 heterocycles. The Labute approximate surface area is 140 Å². The maximum Gasteiger partial charge on any atom is 0.136 e. The van der Waals surface area contributed by atoms with Gasteiger partial charge in [0.15, 0.2) is 0 Å². The number of likely N-dealkylation sites (tertiary alicyclic amines) is 1. The molecule has 0 atom stereocenters. The van der Waals surface area contributed by atoms with Crippen LogP contribution >= 0.6 is 0 Å². The molecule has 1 aromatic carbocycles. The van der Waals surface area contributed by atoms with Gasteiger partial charge >= 0.3 is 0 Å². The molecule has 1 saturated carbocycles. The fourth-order valence-corrected chi connectivity index (χ4v) is 3.51. The van der Waals surface area contributed by atoms with E-state index in [1.54, 1.807) is 12.1 Å². The number of nitriles is 1. The van der Waals surface area contributed by atoms with Crippen molar-refractivity contribution in [3.05, 3.63) is 47.3 Å². The number of halogens is 1. The lowest BCUT2D eigenvalue weighted by Gasteiger charge is -2.31. The Morgan fingerprint density at radius 3 is 2.67 bits per heavy atom. The molecule has 0 spiro atoms. The van der Waals surface area contributed by atoms with E-state index in [2.05, 4.69) is 19.7 Å². The van der Waals surface area contributed by atoms with Crippen LogP contribution in [-0.2, 0) is 6.54 Å². The van der Waals surface area contributed by atoms with Gasteiger partial charge in [-0.3, -0.25) is 4.90 Å². The van der Waals surface area contributed by atoms with Crippen LogP contribution in [0.2, 0.25) is 0 Å². The average Bonchev–Trinajstić information content (AvgIpc) is 3.34. The third kappa shape index (κ3) is 3.04. The zero-order valence-electron chi connectivity index (χ0n) is 13.5. The van der Waals surface area contributed by atoms with Gasteiger partial charge < -0.3 is 4.57 Å². The lowest BCUT2D eigenvalue weighted by atomic mass is 9.95. The van der Waals surface area contributed by atoms with Gasteiger partial charge in [0.1, 0.15) is 18.0 Å². The summed E-state index contributed by atoms with van der Waals surface area (Å²) >= 11 is 0. The standard InChI is InChI=1S/C18H20FN5/c19-17-9-13(10-20)1-2-15(17)11-23-7-5-14(6-8-23)18-22-21-12-24(18)16-3-4-16/h1-2,9,12,14,16H,3-8,11H2. The van der Waals surface area contributed by atoms with E-state index in [9.17, 15) is 4.39 Å². The average molecular weight is 325 g/mol. The number of piperidine rings is 1. The third-order valence-corrected chi connectivity index (χ3v) is 5.07. The Morgan fingerprint density at radius 2 is 2.00 bits per heavy atom. The summed E-state index contributed by atoms with van der Waals surface area (Å²) < 4.78 is 16.3. The highest BCUT2D eigenvalue weighted by molar-refractivity contribution is 5.32. The van der Waals surface area contributed by atoms with Crippen LogP contribution < -0.4 is 0 Å². The molecule has 0 unspecified atom stereocenters. The Balaban J connectivity index is 1.38. The van der Waals surface area contributed by atoms with Crippen LogP contribution in [0.3, 0.4) is 0 Å². The fourth-order valence-electron chi connectivity index (χ4n) is 3.51. The first-order chi connectivity index (χ1) is 11.7. The summed E-state index contributed by atoms with van der Waals surface area (Å²) in [7, 11) is 0. The summed E-state index contributed by atoms with van der Waals surface area (Å²) in [5.74, 6) is 1.29. The SMILES string of the molecule is N#Cc1ccc(CN2CCC(c3nncn3C3CC3)CC2)c(F)c1. The zero-order valence-corrected chi connectivity index (χ0v) is 13.5. The monoisotopic (exact) mass is 325 g/mol. The summed E-state index contributed by atoms with van der Waals surface area (Å²) in [4.78, 5) is 2.28. The molecule has 1 aliphatic heterocycles. The number of hydrogen-bond donors (Lipinski definition) is 0. The lowest BCUT2D eigenvalue weighted by molar-refractivity contribution is 0.198. The van der Waals surface area contributed by atoms with Crippen LogP contribution in [0.5, 0.6) is 0 Å². The van der Waals surface area contributed by atoms with Crippen molar-refractivity contribution < 1.29 is 4.39 Å². The molecule has 0 N–H and O–H groups in total. The van der Waals surface area contributed by atoms with Crippen molar-refractivity contribution >= 4 is 0 Å². The van der Waals surface area contributed by atoms with Gasteiger partial charge in [0, 0.05) is 24.1 Å². The second-order valence-electron chi connectivity index (χ2n) is 6.80. The summed E-state index contributed by atoms with van der Waals surface area (Å²) in [6.45, 7) is 2.46. The summed E-state index contributed by atoms with van der Waals surface area (Å²) in [6.07, 6.45) is 6.40. The van der Waals surface area contributed by atoms with Crippen molar-refractivity contribution in [1.82, 2.24) is 19.7 Å². The Kier molecular flexibility index (Phi) is 4.03. The van der Waals surface area contributed by atoms with E-state index >= 15 is 0 Å². The van der Waals surface area contributed by atoms with Crippen molar-refractivity contribution in [2.45, 2.75) is 44.2 Å². The second kappa shape index (κ2) is 6.33. The van der Waals surface area contributed by atoms with E-state index in [4.69, 9.17) is 5.26 Å². The number of rotatable bonds is 4. The van der Waals surface area contributed by atoms with Gasteiger partial charge in [0.2, 0.25) is 0 Å². The minimum Gasteiger partial charge on any atom is -0.314 e. The number of benzene rings is 1. The highest BCUT2D eigenvalue weighted by Crippen LogP contribution is 2.38. The highest BCUT2D eigenvalue weighted by atomic mass is 19.1. The number of hydrogen-bond acceptors (Lipinski definition) is 4. The molecule has 5 nitrogen and oxygen atoms in total. The molecule has 0 radical (unpaired) electrons. The van der Waals surface area contributed by atoms with Gasteiger partial charge in [-0.1, -0.05) is 6.07 Å². The number of nitrogens with zero attached hydrogens (tertiary/aromatic N) is 5. The molecule has 0 amide bonds. The summed E-state index contributed by atoms with van der Waals surface area (Å²) in [5, 5.41) is 17.3. The molecule has 1 saturated heterocycles. The summed E-state index contributed by atoms with van der Waals surface area (Å²) in [5.41, 5.74) is 1.03. The Bertz CT molecular complexity index is 766. The predicted octanol–water partition coefficient (Wildman–Crippen LogP) is 3.00. The predicted molar refractivity (Wildman–Crippen MR) is 86.7 cm³/mol. The molecular weight excluding hydrogens is 305 g/mol. The first-order valence-electron chi connectivity index (χ1n) is 8.55. The van der Waals surface area contributed by atoms with Crippen LogP contribution in [0, 0.1) is 17.1 Å². The smallest absolute Gasteiger partial charge is 0.136 e. The molecule has 0 bridgehead atoms. The minimum atomic E-state index is -0.287. The molecule has 6 heteroatoms. The van der Waals surface area contributed by atoms with Crippen molar-refractivity contribution in [2.75, 3.05) is 13.1 Å². The van der Waals surface area contributed by atoms with Crippen molar-refractivity contribution in [3.8, 4) is 6.07 Å². The maximum atomic E-state index is 14.0. The lowest BCUT2D eigenvalue weighted by Crippen LogP contribution is -2.33. The topological polar surface area (TPSA) is 57.7 Å². The van der Waals surface area contributed by atoms with Crippen molar-refractivity contribution in [1.29, 1.82) is 5.26 Å². The van der Waals surface area contributed by atoms with Gasteiger partial charge in [0.05, 0.1) is 11.6 Å². The molecule has 4 rings (SSSR count). The molecule has 1 aliphatic carbocycles. The number of aromatic nitrogens is 3. The fraction of sp³-hybridized carbons (Fsp3) is 0.500. The van der Waals surface area contributed by atoms with E-state index in [-0.39, 0.29) is 5.82 Å². The summed E-state index contributed by atoms with van der Waals surface area (Å²) in [6, 6.07) is 7.31. The first kappa shape index (κ1) is 15.3. The molecule has 2 fully saturated rings. The molecular formula is C18H20FN5. The van der Waals surface area contributed by atoms with Gasteiger partial charge in [-0.15, -0.1) is 10.2 Å². The molecule has 1 aromatic heterocycles. The minimum absolute atomic E-state index is 0.287. The van der Waals surface area contributed by atoms with Crippen LogP contribution in [-0.4, -0.2) is 32.8 Å². The van der Waals surface area contributed by atoms with E-state index in [0.717, 1.165) is 31.8 Å². The van der Waals surface area contributed by atoms with E-state index in [0.29, 0.717) is 29.6 Å². The van der Waals surface area contributed by atoms with Gasteiger partial charge in [-0.2, -0.15) is 5.26 Å². The van der Waals surface area contributed by atoms with Crippen LogP contribution in [0.25, 0.3) is 0 Å². The quantitative estimate of drug-likeness (QED) is 0.867. The Morgan fingerprint density at radius 1 is 1.21 bits per heavy atom. The third-order valence-electron chi connectivity index (χ3n) is 5.07. The van der Waals surface area contributed by atoms with Crippen LogP contribution in [0.1, 0.15) is 54.6 Å². The van der Waals surface area contributed by atoms with Crippen molar-refractivity contribution in [3.63, 3.8) is 0 Å². The normalized spacial score (nSPS) is 19.3. The van der Waals surface area contributed by atoms with E-state index in [1.807, 2.05) is 12.4 Å². The Hall–Kier alpha value is -2.26. The molecule has 24 heavy (non-hydrogen) atoms. The largest absolute Gasteiger partial charge is 0.314 e. The molecule has 124 valence electrons. The second-order valence-corrected chi connectivity index (χ2v) is 6.80. The van der Waals surface area contributed by atoms with E-state index in [1.165, 1.54) is 18.9 Å². The molecule has 2 aliphatic rings. The van der Waals surface area contributed by atoms with E-state index < -0.39 is 0 Å². The zero-order chi connectivity index (χ0) is 16.5. The van der Waals surface area contributed by atoms with Gasteiger partial charge in [0.25, 0.3) is 0 Å². The van der Waals surface area contributed by atoms with Gasteiger partial charge in [-0.25, -0.2) is 4.39 Å². The van der Waals surface area contributed by atoms with Crippen molar-refractivity contribution in [2.24, 2.45) is 0 Å². The van der Waals surface area contributed by atoms with Gasteiger partial charge in [-0.05, 0) is 50.9 Å². The highest BCUT2D eigenvalue weighted by Gasteiger charge is 2.31. The van der Waals surface area contributed by atoms with Crippen LogP contribution in [0.4, 0.5) is 4.39 Å². The van der Waals surface area contributed by atoms with Crippen LogP contribution in [0.15, 0.2) is 24.5 Å².